The average Bonchev–Trinajstić information content (AvgIpc) is 3.30. The number of benzene rings is 3. The summed E-state index contributed by atoms with van der Waals surface area (Å²) in [6.07, 6.45) is 1.48. The van der Waals surface area contributed by atoms with Gasteiger partial charge in [-0.3, -0.25) is 9.40 Å². The molecule has 2 aromatic heterocycles. The maximum atomic E-state index is 14.3. The molecular weight excluding hydrogens is 604 g/mol. The summed E-state index contributed by atoms with van der Waals surface area (Å²) in [5.41, 5.74) is 3.09. The van der Waals surface area contributed by atoms with Gasteiger partial charge < -0.3 is 9.84 Å². The fourth-order valence-corrected chi connectivity index (χ4v) is 6.64. The van der Waals surface area contributed by atoms with Gasteiger partial charge in [0, 0.05) is 42.4 Å². The summed E-state index contributed by atoms with van der Waals surface area (Å²) in [7, 11) is -5.21. The number of hydrogen-bond donors (Lipinski definition) is 3. The van der Waals surface area contributed by atoms with Crippen LogP contribution < -0.4 is 14.2 Å². The molecule has 0 bridgehead atoms. The number of aryl methyl sites for hydroxylation is 1. The van der Waals surface area contributed by atoms with Gasteiger partial charge in [0.15, 0.2) is 0 Å². The van der Waals surface area contributed by atoms with Crippen LogP contribution in [0.5, 0.6) is 5.88 Å². The Morgan fingerprint density at radius 1 is 0.907 bits per heavy atom. The Labute approximate surface area is 245 Å². The average molecular weight is 630 g/mol. The molecule has 43 heavy (non-hydrogen) atoms. The number of hydrogen-bond acceptors (Lipinski definition) is 8. The van der Waals surface area contributed by atoms with Crippen LogP contribution in [0.25, 0.3) is 33.3 Å². The van der Waals surface area contributed by atoms with Crippen molar-refractivity contribution >= 4 is 36.6 Å². The van der Waals surface area contributed by atoms with Gasteiger partial charge in [-0.2, -0.15) is 5.10 Å². The van der Waals surface area contributed by atoms with E-state index in [-0.39, 0.29) is 29.6 Å². The van der Waals surface area contributed by atoms with Crippen molar-refractivity contribution in [2.45, 2.75) is 9.79 Å². The van der Waals surface area contributed by atoms with E-state index in [1.54, 1.807) is 36.0 Å². The van der Waals surface area contributed by atoms with Gasteiger partial charge in [0.1, 0.15) is 22.2 Å². The highest BCUT2D eigenvalue weighted by Crippen LogP contribution is 2.35. The van der Waals surface area contributed by atoms with E-state index in [0.717, 1.165) is 17.5 Å². The number of aliphatic hydroxyl groups is 1. The predicted octanol–water partition coefficient (Wildman–Crippen LogP) is 3.66. The highest BCUT2D eigenvalue weighted by atomic mass is 32.2. The molecule has 0 amide bonds. The number of rotatable bonds is 10. The molecule has 0 spiro atoms. The van der Waals surface area contributed by atoms with Crippen molar-refractivity contribution in [1.82, 2.24) is 19.5 Å². The molecular formula is C28H25F2N5O6S2. The summed E-state index contributed by atoms with van der Waals surface area (Å²) in [4.78, 5) is 3.50. The number of nitrogens with zero attached hydrogens (tertiary/aromatic N) is 3. The van der Waals surface area contributed by atoms with Crippen molar-refractivity contribution < 1.29 is 35.5 Å². The van der Waals surface area contributed by atoms with E-state index in [4.69, 9.17) is 9.84 Å². The van der Waals surface area contributed by atoms with Crippen molar-refractivity contribution in [1.29, 1.82) is 0 Å². The Balaban J connectivity index is 1.53. The number of aromatic nitrogens is 3. The van der Waals surface area contributed by atoms with Gasteiger partial charge in [0.05, 0.1) is 29.8 Å². The van der Waals surface area contributed by atoms with Crippen molar-refractivity contribution in [3.63, 3.8) is 0 Å². The molecule has 5 aromatic rings. The predicted molar refractivity (Wildman–Crippen MR) is 155 cm³/mol. The van der Waals surface area contributed by atoms with Crippen LogP contribution in [0.15, 0.2) is 82.7 Å². The summed E-state index contributed by atoms with van der Waals surface area (Å²) in [5, 5.41) is 14.2. The van der Waals surface area contributed by atoms with Crippen LogP contribution in [-0.2, 0) is 27.1 Å². The first kappa shape index (κ1) is 30.0. The summed E-state index contributed by atoms with van der Waals surface area (Å²) >= 11 is 0. The van der Waals surface area contributed by atoms with Gasteiger partial charge in [-0.25, -0.2) is 35.3 Å². The van der Waals surface area contributed by atoms with Crippen LogP contribution in [0.4, 0.5) is 14.5 Å². The number of halogens is 2. The molecule has 0 aliphatic rings. The van der Waals surface area contributed by atoms with E-state index in [1.165, 1.54) is 31.5 Å². The molecule has 11 nitrogen and oxygen atoms in total. The highest BCUT2D eigenvalue weighted by molar-refractivity contribution is 7.92. The lowest BCUT2D eigenvalue weighted by atomic mass is 10.0. The van der Waals surface area contributed by atoms with E-state index in [9.17, 15) is 25.6 Å². The Morgan fingerprint density at radius 3 is 2.30 bits per heavy atom. The third-order valence-electron chi connectivity index (χ3n) is 6.48. The lowest BCUT2D eigenvalue weighted by Crippen LogP contribution is -2.26. The Bertz CT molecular complexity index is 2050. The molecule has 0 saturated carbocycles. The lowest BCUT2D eigenvalue weighted by molar-refractivity contribution is 0.301. The molecule has 0 unspecified atom stereocenters. The molecule has 0 aliphatic carbocycles. The van der Waals surface area contributed by atoms with Crippen LogP contribution in [0, 0.1) is 11.6 Å². The van der Waals surface area contributed by atoms with Gasteiger partial charge in [0.2, 0.25) is 15.9 Å². The van der Waals surface area contributed by atoms with Gasteiger partial charge in [-0.05, 0) is 48.0 Å². The fraction of sp³-hybridized carbons (Fsp3) is 0.143. The Morgan fingerprint density at radius 2 is 1.63 bits per heavy atom. The van der Waals surface area contributed by atoms with Crippen molar-refractivity contribution in [3.05, 3.63) is 84.6 Å². The standard InChI is InChI=1S/C28H25F2N5O6S2/c1-35-27(17-3-7-21(8-4-17)42(37,38)32-11-12-36)22-13-18(5-9-24(22)33-35)19-14-25(28(41-2)31-16-19)34-43(39,40)26-10-6-20(29)15-23(26)30/h3-10,13-16,32,34,36H,11-12H2,1-2H3. The van der Waals surface area contributed by atoms with Crippen molar-refractivity contribution in [3.8, 4) is 28.3 Å². The lowest BCUT2D eigenvalue weighted by Gasteiger charge is -2.13. The minimum Gasteiger partial charge on any atom is -0.480 e. The number of ether oxygens (including phenoxy) is 1. The zero-order chi connectivity index (χ0) is 30.9. The Kier molecular flexibility index (Phi) is 8.16. The molecule has 3 aromatic carbocycles. The maximum Gasteiger partial charge on any atom is 0.264 e. The second-order valence-corrected chi connectivity index (χ2v) is 12.7. The van der Waals surface area contributed by atoms with E-state index in [0.29, 0.717) is 34.0 Å². The van der Waals surface area contributed by atoms with Crippen LogP contribution in [-0.4, -0.2) is 57.0 Å². The monoisotopic (exact) mass is 629 g/mol. The maximum absolute atomic E-state index is 14.3. The summed E-state index contributed by atoms with van der Waals surface area (Å²) in [6, 6.07) is 15.2. The number of sulfonamides is 2. The Hall–Kier alpha value is -4.44. The van der Waals surface area contributed by atoms with Gasteiger partial charge >= 0.3 is 0 Å². The molecule has 3 N–H and O–H groups in total. The smallest absolute Gasteiger partial charge is 0.264 e. The zero-order valence-corrected chi connectivity index (χ0v) is 24.4. The van der Waals surface area contributed by atoms with Crippen LogP contribution in [0.1, 0.15) is 0 Å². The van der Waals surface area contributed by atoms with E-state index >= 15 is 0 Å². The van der Waals surface area contributed by atoms with Crippen molar-refractivity contribution in [2.75, 3.05) is 25.0 Å². The molecule has 224 valence electrons. The molecule has 2 heterocycles. The van der Waals surface area contributed by atoms with Crippen molar-refractivity contribution in [2.24, 2.45) is 7.05 Å². The largest absolute Gasteiger partial charge is 0.480 e. The number of pyridine rings is 1. The second-order valence-electron chi connectivity index (χ2n) is 9.31. The number of anilines is 1. The third-order valence-corrected chi connectivity index (χ3v) is 9.36. The minimum absolute atomic E-state index is 0.0386. The fourth-order valence-electron chi connectivity index (χ4n) is 4.51. The minimum atomic E-state index is -4.47. The molecule has 0 aliphatic heterocycles. The van der Waals surface area contributed by atoms with Gasteiger partial charge in [-0.1, -0.05) is 18.2 Å². The third kappa shape index (κ3) is 6.06. The molecule has 0 atom stereocenters. The first-order valence-electron chi connectivity index (χ1n) is 12.6. The number of methoxy groups -OCH3 is 1. The van der Waals surface area contributed by atoms with Crippen LogP contribution >= 0.6 is 0 Å². The summed E-state index contributed by atoms with van der Waals surface area (Å²) in [5.74, 6) is -2.24. The quantitative estimate of drug-likeness (QED) is 0.212. The van der Waals surface area contributed by atoms with Gasteiger partial charge in [-0.15, -0.1) is 0 Å². The summed E-state index contributed by atoms with van der Waals surface area (Å²) in [6.45, 7) is -0.434. The number of fused-ring (bicyclic) bond motifs is 1. The normalized spacial score (nSPS) is 12.0. The molecule has 5 rings (SSSR count). The van der Waals surface area contributed by atoms with Gasteiger partial charge in [0.25, 0.3) is 10.0 Å². The van der Waals surface area contributed by atoms with Crippen LogP contribution in [0.3, 0.4) is 0 Å². The number of nitrogens with one attached hydrogen (secondary N) is 2. The van der Waals surface area contributed by atoms with E-state index in [2.05, 4.69) is 19.5 Å². The number of aliphatic hydroxyl groups excluding tert-OH is 1. The SMILES string of the molecule is COc1ncc(-c2ccc3nn(C)c(-c4ccc(S(=O)(=O)NCCO)cc4)c3c2)cc1NS(=O)(=O)c1ccc(F)cc1F. The highest BCUT2D eigenvalue weighted by Gasteiger charge is 2.23. The summed E-state index contributed by atoms with van der Waals surface area (Å²) < 4.78 is 89.8. The second kappa shape index (κ2) is 11.7. The van der Waals surface area contributed by atoms with E-state index < -0.39 is 36.6 Å². The molecule has 0 radical (unpaired) electrons. The van der Waals surface area contributed by atoms with E-state index in [1.807, 2.05) is 6.07 Å². The first-order chi connectivity index (χ1) is 20.4. The molecule has 15 heteroatoms. The molecule has 0 fully saturated rings. The molecule has 0 saturated heterocycles. The van der Waals surface area contributed by atoms with Crippen LogP contribution in [0.2, 0.25) is 0 Å². The topological polar surface area (TPSA) is 153 Å². The first-order valence-corrected chi connectivity index (χ1v) is 15.6. The zero-order valence-electron chi connectivity index (χ0n) is 22.7.